The molecule has 0 radical (unpaired) electrons. The summed E-state index contributed by atoms with van der Waals surface area (Å²) in [6.45, 7) is 8.45. The number of unbranched alkanes of at least 4 members (excludes halogenated alkanes) is 1. The van der Waals surface area contributed by atoms with Crippen molar-refractivity contribution in [3.05, 3.63) is 96.5 Å². The lowest BCUT2D eigenvalue weighted by atomic mass is 10.2. The summed E-state index contributed by atoms with van der Waals surface area (Å²) in [5.41, 5.74) is 5.83. The zero-order valence-corrected chi connectivity index (χ0v) is 25.6. The highest BCUT2D eigenvalue weighted by Crippen LogP contribution is 2.32. The number of rotatable bonds is 14. The molecule has 1 heterocycles. The Morgan fingerprint density at radius 3 is 2.48 bits per heavy atom. The number of halogens is 1. The lowest BCUT2D eigenvalue weighted by Gasteiger charge is -2.24. The van der Waals surface area contributed by atoms with Crippen molar-refractivity contribution in [3.63, 3.8) is 0 Å². The molecule has 2 amide bonds. The molecule has 44 heavy (non-hydrogen) atoms. The summed E-state index contributed by atoms with van der Waals surface area (Å²) < 4.78 is 24.9. The molecule has 3 N–H and O–H groups in total. The summed E-state index contributed by atoms with van der Waals surface area (Å²) in [6.07, 6.45) is 6.27. The minimum atomic E-state index is -0.574. The Bertz CT molecular complexity index is 1530. The van der Waals surface area contributed by atoms with Gasteiger partial charge in [-0.05, 0) is 69.3 Å². The molecule has 0 unspecified atom stereocenters. The average molecular weight is 602 g/mol. The topological polar surface area (TPSA) is 105 Å². The number of ether oxygens (including phenoxy) is 2. The number of benzene rings is 3. The van der Waals surface area contributed by atoms with Gasteiger partial charge in [0.1, 0.15) is 11.5 Å². The largest absolute Gasteiger partial charge is 0.497 e. The SMILES string of the molecule is C/C=C(\C)C(=O)N(NCCNCCCC)c1ccccc1.COc1ccc2c(Oc3ccc(NC=O)cc3F)ccnc2c1. The minimum Gasteiger partial charge on any atom is -0.497 e. The summed E-state index contributed by atoms with van der Waals surface area (Å²) in [7, 11) is 1.58. The molecule has 0 bridgehead atoms. The summed E-state index contributed by atoms with van der Waals surface area (Å²) in [6, 6.07) is 20.9. The first kappa shape index (κ1) is 33.7. The monoisotopic (exact) mass is 601 g/mol. The number of carbonyl (C=O) groups is 2. The van der Waals surface area contributed by atoms with Gasteiger partial charge in [-0.2, -0.15) is 0 Å². The van der Waals surface area contributed by atoms with E-state index in [1.165, 1.54) is 25.0 Å². The summed E-state index contributed by atoms with van der Waals surface area (Å²) >= 11 is 0. The van der Waals surface area contributed by atoms with Crippen LogP contribution in [0.5, 0.6) is 17.2 Å². The Kier molecular flexibility index (Phi) is 13.8. The van der Waals surface area contributed by atoms with Crippen molar-refractivity contribution < 1.29 is 23.5 Å². The molecule has 9 nitrogen and oxygen atoms in total. The highest BCUT2D eigenvalue weighted by atomic mass is 19.1. The fourth-order valence-corrected chi connectivity index (χ4v) is 4.02. The molecule has 0 saturated heterocycles. The van der Waals surface area contributed by atoms with Crippen molar-refractivity contribution >= 4 is 34.6 Å². The Balaban J connectivity index is 0.000000242. The zero-order valence-electron chi connectivity index (χ0n) is 25.6. The molecule has 10 heteroatoms. The van der Waals surface area contributed by atoms with E-state index >= 15 is 0 Å². The number of nitrogens with one attached hydrogen (secondary N) is 3. The fourth-order valence-electron chi connectivity index (χ4n) is 4.02. The van der Waals surface area contributed by atoms with Crippen LogP contribution in [0.2, 0.25) is 0 Å². The quantitative estimate of drug-likeness (QED) is 0.0646. The number of methoxy groups -OCH3 is 1. The third kappa shape index (κ3) is 9.89. The number of carbonyl (C=O) groups excluding carboxylic acids is 2. The fraction of sp³-hybridized carbons (Fsp3) is 0.265. The van der Waals surface area contributed by atoms with E-state index in [4.69, 9.17) is 9.47 Å². The molecule has 0 fully saturated rings. The van der Waals surface area contributed by atoms with Gasteiger partial charge in [-0.3, -0.25) is 14.6 Å². The number of anilines is 2. The molecule has 0 aliphatic carbocycles. The van der Waals surface area contributed by atoms with Gasteiger partial charge in [0.15, 0.2) is 11.6 Å². The van der Waals surface area contributed by atoms with Gasteiger partial charge >= 0.3 is 0 Å². The maximum atomic E-state index is 14.1. The number of pyridine rings is 1. The number of allylic oxidation sites excluding steroid dienone is 1. The molecule has 1 aromatic heterocycles. The van der Waals surface area contributed by atoms with Crippen LogP contribution in [-0.4, -0.2) is 44.0 Å². The van der Waals surface area contributed by atoms with Crippen molar-refractivity contribution in [2.24, 2.45) is 0 Å². The molecule has 232 valence electrons. The molecule has 0 saturated carbocycles. The summed E-state index contributed by atoms with van der Waals surface area (Å²) in [5, 5.41) is 8.10. The molecular formula is C34H40FN5O4. The number of para-hydroxylation sites is 1. The molecule has 4 rings (SSSR count). The third-order valence-electron chi connectivity index (χ3n) is 6.55. The van der Waals surface area contributed by atoms with Crippen LogP contribution in [0.1, 0.15) is 33.6 Å². The molecule has 4 aromatic rings. The van der Waals surface area contributed by atoms with Gasteiger partial charge < -0.3 is 20.1 Å². The van der Waals surface area contributed by atoms with Gasteiger partial charge in [0, 0.05) is 48.1 Å². The second kappa shape index (κ2) is 18.0. The first-order valence-electron chi connectivity index (χ1n) is 14.5. The van der Waals surface area contributed by atoms with E-state index < -0.39 is 5.82 Å². The zero-order chi connectivity index (χ0) is 31.7. The van der Waals surface area contributed by atoms with E-state index in [0.717, 1.165) is 29.7 Å². The summed E-state index contributed by atoms with van der Waals surface area (Å²) in [4.78, 5) is 27.0. The average Bonchev–Trinajstić information content (AvgIpc) is 3.05. The van der Waals surface area contributed by atoms with Crippen molar-refractivity contribution in [3.8, 4) is 17.2 Å². The van der Waals surface area contributed by atoms with Crippen molar-refractivity contribution in [2.45, 2.75) is 33.6 Å². The number of nitrogens with zero attached hydrogens (tertiary/aromatic N) is 2. The van der Waals surface area contributed by atoms with Gasteiger partial charge in [0.25, 0.3) is 5.91 Å². The Morgan fingerprint density at radius 2 is 1.80 bits per heavy atom. The normalized spacial score (nSPS) is 10.9. The molecule has 0 aliphatic heterocycles. The molecule has 3 aromatic carbocycles. The smallest absolute Gasteiger partial charge is 0.267 e. The maximum Gasteiger partial charge on any atom is 0.267 e. The van der Waals surface area contributed by atoms with Crippen molar-refractivity contribution in [2.75, 3.05) is 37.1 Å². The standard InChI is InChI=1S/C17H13FN2O3.C17H27N3O/c1-22-12-3-4-13-15(9-12)19-7-6-16(13)23-17-5-2-11(20-10-21)8-14(17)18;1-4-6-12-18-13-14-19-20(17(21)15(3)5-2)16-10-8-7-9-11-16/h2-10H,1H3,(H,20,21);5,7-11,18-19H,4,6,12-14H2,1-3H3/b;15-5+. The van der Waals surface area contributed by atoms with Gasteiger partial charge in [-0.1, -0.05) is 37.6 Å². The Hall–Kier alpha value is -4.80. The van der Waals surface area contributed by atoms with E-state index in [0.29, 0.717) is 35.7 Å². The third-order valence-corrected chi connectivity index (χ3v) is 6.55. The second-order valence-electron chi connectivity index (χ2n) is 9.66. The number of fused-ring (bicyclic) bond motifs is 1. The van der Waals surface area contributed by atoms with E-state index in [1.807, 2.05) is 50.3 Å². The van der Waals surface area contributed by atoms with Crippen LogP contribution in [0.15, 0.2) is 90.6 Å². The van der Waals surface area contributed by atoms with Crippen LogP contribution in [0.3, 0.4) is 0 Å². The number of hydrazine groups is 1. The highest BCUT2D eigenvalue weighted by molar-refractivity contribution is 6.04. The van der Waals surface area contributed by atoms with E-state index in [1.54, 1.807) is 48.6 Å². The Morgan fingerprint density at radius 1 is 1.00 bits per heavy atom. The van der Waals surface area contributed by atoms with Crippen LogP contribution in [0.25, 0.3) is 10.9 Å². The number of hydrogen-bond acceptors (Lipinski definition) is 7. The number of hydrogen-bond donors (Lipinski definition) is 3. The van der Waals surface area contributed by atoms with Crippen molar-refractivity contribution in [1.82, 2.24) is 15.7 Å². The van der Waals surface area contributed by atoms with Crippen LogP contribution in [0.4, 0.5) is 15.8 Å². The molecular weight excluding hydrogens is 561 g/mol. The molecule has 0 atom stereocenters. The summed E-state index contributed by atoms with van der Waals surface area (Å²) in [5.74, 6) is 0.627. The van der Waals surface area contributed by atoms with E-state index in [9.17, 15) is 14.0 Å². The Labute approximate surface area is 258 Å². The van der Waals surface area contributed by atoms with Gasteiger partial charge in [-0.15, -0.1) is 0 Å². The van der Waals surface area contributed by atoms with E-state index in [2.05, 4.69) is 28.0 Å². The second-order valence-corrected chi connectivity index (χ2v) is 9.66. The van der Waals surface area contributed by atoms with E-state index in [-0.39, 0.29) is 11.7 Å². The predicted octanol–water partition coefficient (Wildman–Crippen LogP) is 6.62. The van der Waals surface area contributed by atoms with Crippen LogP contribution in [0, 0.1) is 5.82 Å². The first-order valence-corrected chi connectivity index (χ1v) is 14.5. The van der Waals surface area contributed by atoms with Gasteiger partial charge in [-0.25, -0.2) is 14.8 Å². The van der Waals surface area contributed by atoms with Gasteiger partial charge in [0.05, 0.1) is 18.3 Å². The minimum absolute atomic E-state index is 0.0164. The maximum absolute atomic E-state index is 14.1. The van der Waals surface area contributed by atoms with Gasteiger partial charge in [0.2, 0.25) is 6.41 Å². The highest BCUT2D eigenvalue weighted by Gasteiger charge is 2.16. The number of aromatic nitrogens is 1. The van der Waals surface area contributed by atoms with Crippen LogP contribution >= 0.6 is 0 Å². The van der Waals surface area contributed by atoms with Crippen LogP contribution < -0.4 is 30.5 Å². The lowest BCUT2D eigenvalue weighted by Crippen LogP contribution is -2.46. The van der Waals surface area contributed by atoms with Crippen molar-refractivity contribution in [1.29, 1.82) is 0 Å². The lowest BCUT2D eigenvalue weighted by molar-refractivity contribution is -0.115. The van der Waals surface area contributed by atoms with Crippen LogP contribution in [-0.2, 0) is 9.59 Å². The first-order chi connectivity index (χ1) is 21.4. The molecule has 0 aliphatic rings. The number of amides is 2. The molecule has 0 spiro atoms. The predicted molar refractivity (Wildman–Crippen MR) is 174 cm³/mol.